The first-order chi connectivity index (χ1) is 10.1. The van der Waals surface area contributed by atoms with Crippen molar-refractivity contribution in [2.75, 3.05) is 12.4 Å². The van der Waals surface area contributed by atoms with Gasteiger partial charge in [-0.05, 0) is 11.3 Å². The molecular weight excluding hydrogens is 292 g/mol. The lowest BCUT2D eigenvalue weighted by Gasteiger charge is -2.40. The fourth-order valence-electron chi connectivity index (χ4n) is 2.22. The van der Waals surface area contributed by atoms with Crippen molar-refractivity contribution in [2.45, 2.75) is 43.4 Å². The zero-order valence-corrected chi connectivity index (χ0v) is 12.8. The Hall–Kier alpha value is -0.630. The maximum atomic E-state index is 9.97. The highest BCUT2D eigenvalue weighted by molar-refractivity contribution is 7.99. The molecule has 0 saturated carbocycles. The minimum atomic E-state index is -1.21. The highest BCUT2D eigenvalue weighted by atomic mass is 32.2. The van der Waals surface area contributed by atoms with Gasteiger partial charge in [-0.3, -0.25) is 0 Å². The van der Waals surface area contributed by atoms with E-state index in [0.717, 1.165) is 11.3 Å². The van der Waals surface area contributed by atoms with E-state index in [1.807, 2.05) is 37.3 Å². The van der Waals surface area contributed by atoms with Crippen molar-refractivity contribution in [3.05, 3.63) is 35.9 Å². The highest BCUT2D eigenvalue weighted by Gasteiger charge is 2.43. The summed E-state index contributed by atoms with van der Waals surface area (Å²) >= 11 is 1.40. The normalized spacial score (nSPS) is 33.0. The molecule has 0 amide bonds. The van der Waals surface area contributed by atoms with E-state index in [9.17, 15) is 15.3 Å². The summed E-state index contributed by atoms with van der Waals surface area (Å²) in [5.74, 6) is 0.752. The van der Waals surface area contributed by atoms with Gasteiger partial charge in [0.1, 0.15) is 29.9 Å². The Morgan fingerprint density at radius 2 is 1.81 bits per heavy atom. The molecule has 21 heavy (non-hydrogen) atoms. The first-order valence-corrected chi connectivity index (χ1v) is 8.11. The number of benzene rings is 1. The van der Waals surface area contributed by atoms with E-state index in [1.54, 1.807) is 0 Å². The molecule has 1 saturated heterocycles. The third-order valence-corrected chi connectivity index (χ3v) is 4.44. The third-order valence-electron chi connectivity index (χ3n) is 3.39. The average molecular weight is 314 g/mol. The Morgan fingerprint density at radius 3 is 2.48 bits per heavy atom. The lowest BCUT2D eigenvalue weighted by Crippen LogP contribution is -2.57. The first-order valence-electron chi connectivity index (χ1n) is 7.06. The molecule has 1 aliphatic heterocycles. The fraction of sp³-hybridized carbons (Fsp3) is 0.600. The maximum Gasteiger partial charge on any atom is 0.132 e. The van der Waals surface area contributed by atoms with E-state index in [1.165, 1.54) is 11.8 Å². The number of aliphatic hydroxyl groups is 3. The lowest BCUT2D eigenvalue weighted by molar-refractivity contribution is -0.210. The summed E-state index contributed by atoms with van der Waals surface area (Å²) < 4.78 is 11.2. The number of rotatable bonds is 6. The van der Waals surface area contributed by atoms with Crippen LogP contribution < -0.4 is 0 Å². The van der Waals surface area contributed by atoms with Gasteiger partial charge in [0.05, 0.1) is 13.2 Å². The molecule has 0 bridgehead atoms. The molecule has 5 nitrogen and oxygen atoms in total. The zero-order valence-electron chi connectivity index (χ0n) is 12.0. The number of ether oxygens (including phenoxy) is 2. The van der Waals surface area contributed by atoms with E-state index in [0.29, 0.717) is 6.61 Å². The largest absolute Gasteiger partial charge is 0.387 e. The van der Waals surface area contributed by atoms with Crippen molar-refractivity contribution < 1.29 is 24.8 Å². The Balaban J connectivity index is 1.86. The second-order valence-corrected chi connectivity index (χ2v) is 6.35. The summed E-state index contributed by atoms with van der Waals surface area (Å²) in [5.41, 5.74) is 0.488. The van der Waals surface area contributed by atoms with Crippen LogP contribution in [-0.2, 0) is 16.1 Å². The Kier molecular flexibility index (Phi) is 6.47. The molecule has 0 spiro atoms. The summed E-state index contributed by atoms with van der Waals surface area (Å²) in [6.07, 6.45) is -4.09. The van der Waals surface area contributed by atoms with Gasteiger partial charge in [0, 0.05) is 0 Å². The molecule has 0 aromatic heterocycles. The summed E-state index contributed by atoms with van der Waals surface area (Å²) in [6.45, 7) is 2.53. The molecule has 1 aromatic rings. The Bertz CT molecular complexity index is 416. The molecule has 0 radical (unpaired) electrons. The van der Waals surface area contributed by atoms with E-state index >= 15 is 0 Å². The van der Waals surface area contributed by atoms with Gasteiger partial charge in [0.25, 0.3) is 0 Å². The predicted octanol–water partition coefficient (Wildman–Crippen LogP) is 0.764. The van der Waals surface area contributed by atoms with Crippen LogP contribution in [0.2, 0.25) is 0 Å². The molecular formula is C15H22O5S. The van der Waals surface area contributed by atoms with Crippen LogP contribution in [0.1, 0.15) is 12.5 Å². The highest BCUT2D eigenvalue weighted by Crippen LogP contribution is 2.28. The van der Waals surface area contributed by atoms with Gasteiger partial charge in [0.15, 0.2) is 0 Å². The van der Waals surface area contributed by atoms with Crippen molar-refractivity contribution in [1.82, 2.24) is 0 Å². The van der Waals surface area contributed by atoms with Crippen LogP contribution in [-0.4, -0.2) is 57.5 Å². The summed E-state index contributed by atoms with van der Waals surface area (Å²) in [7, 11) is 0. The molecule has 3 N–H and O–H groups in total. The minimum Gasteiger partial charge on any atom is -0.387 e. The molecule has 1 aliphatic rings. The van der Waals surface area contributed by atoms with Crippen LogP contribution in [0.4, 0.5) is 0 Å². The minimum absolute atomic E-state index is 0.167. The fourth-order valence-corrected chi connectivity index (χ4v) is 3.13. The maximum absolute atomic E-state index is 9.97. The number of thioether (sulfide) groups is 1. The lowest BCUT2D eigenvalue weighted by atomic mass is 10.0. The summed E-state index contributed by atoms with van der Waals surface area (Å²) in [6, 6.07) is 9.69. The van der Waals surface area contributed by atoms with E-state index in [2.05, 4.69) is 0 Å². The van der Waals surface area contributed by atoms with Crippen LogP contribution in [0.25, 0.3) is 0 Å². The molecule has 1 aromatic carbocycles. The molecule has 5 atom stereocenters. The van der Waals surface area contributed by atoms with Gasteiger partial charge >= 0.3 is 0 Å². The van der Waals surface area contributed by atoms with Crippen LogP contribution >= 0.6 is 11.8 Å². The molecule has 1 fully saturated rings. The van der Waals surface area contributed by atoms with Crippen LogP contribution in [0, 0.1) is 0 Å². The number of hydrogen-bond acceptors (Lipinski definition) is 6. The standard InChI is InChI=1S/C15H22O5S/c1-2-21-15-14(18)13(17)12(16)11(20-15)9-19-8-10-6-4-3-5-7-10/h3-7,11-18H,2,8-9H2,1H3/t11-,12+,13+,14-,15+/m1/s1. The zero-order chi connectivity index (χ0) is 15.2. The van der Waals surface area contributed by atoms with Crippen molar-refractivity contribution in [3.63, 3.8) is 0 Å². The van der Waals surface area contributed by atoms with Gasteiger partial charge in [-0.1, -0.05) is 37.3 Å². The summed E-state index contributed by atoms with van der Waals surface area (Å²) in [5, 5.41) is 29.7. The molecule has 118 valence electrons. The van der Waals surface area contributed by atoms with Gasteiger partial charge in [0.2, 0.25) is 0 Å². The topological polar surface area (TPSA) is 79.2 Å². The number of hydrogen-bond donors (Lipinski definition) is 3. The van der Waals surface area contributed by atoms with Crippen LogP contribution in [0.5, 0.6) is 0 Å². The van der Waals surface area contributed by atoms with E-state index in [-0.39, 0.29) is 6.61 Å². The van der Waals surface area contributed by atoms with Crippen molar-refractivity contribution >= 4 is 11.8 Å². The quantitative estimate of drug-likeness (QED) is 0.720. The van der Waals surface area contributed by atoms with Crippen LogP contribution in [0.15, 0.2) is 30.3 Å². The molecule has 1 heterocycles. The molecule has 0 unspecified atom stereocenters. The SMILES string of the molecule is CCS[C@@H]1O[C@H](COCc2ccccc2)[C@H](O)[C@H](O)[C@H]1O. The first kappa shape index (κ1) is 16.7. The van der Waals surface area contributed by atoms with Gasteiger partial charge < -0.3 is 24.8 Å². The number of aliphatic hydroxyl groups excluding tert-OH is 3. The average Bonchev–Trinajstić information content (AvgIpc) is 2.51. The molecule has 2 rings (SSSR count). The monoisotopic (exact) mass is 314 g/mol. The van der Waals surface area contributed by atoms with Crippen molar-refractivity contribution in [2.24, 2.45) is 0 Å². The van der Waals surface area contributed by atoms with Gasteiger partial charge in [-0.2, -0.15) is 0 Å². The smallest absolute Gasteiger partial charge is 0.132 e. The second-order valence-electron chi connectivity index (χ2n) is 4.97. The van der Waals surface area contributed by atoms with E-state index < -0.39 is 29.9 Å². The third kappa shape index (κ3) is 4.42. The van der Waals surface area contributed by atoms with Gasteiger partial charge in [-0.25, -0.2) is 0 Å². The Morgan fingerprint density at radius 1 is 1.10 bits per heavy atom. The van der Waals surface area contributed by atoms with Crippen LogP contribution in [0.3, 0.4) is 0 Å². The second kappa shape index (κ2) is 8.12. The summed E-state index contributed by atoms with van der Waals surface area (Å²) in [4.78, 5) is 0. The molecule has 0 aliphatic carbocycles. The van der Waals surface area contributed by atoms with Gasteiger partial charge in [-0.15, -0.1) is 11.8 Å². The van der Waals surface area contributed by atoms with E-state index in [4.69, 9.17) is 9.47 Å². The Labute approximate surface area is 128 Å². The molecule has 6 heteroatoms. The van der Waals surface area contributed by atoms with Crippen molar-refractivity contribution in [3.8, 4) is 0 Å². The van der Waals surface area contributed by atoms with Crippen molar-refractivity contribution in [1.29, 1.82) is 0 Å². The predicted molar refractivity (Wildman–Crippen MR) is 80.9 cm³/mol.